The fourth-order valence-electron chi connectivity index (χ4n) is 3.87. The first-order valence-corrected chi connectivity index (χ1v) is 9.37. The van der Waals surface area contributed by atoms with Gasteiger partial charge in [-0.2, -0.15) is 4.91 Å². The van der Waals surface area contributed by atoms with Crippen LogP contribution in [0.3, 0.4) is 0 Å². The zero-order chi connectivity index (χ0) is 19.8. The third-order valence-corrected chi connectivity index (χ3v) is 5.21. The number of hydrogen-bond acceptors (Lipinski definition) is 4. The van der Waals surface area contributed by atoms with Gasteiger partial charge in [0, 0.05) is 16.3 Å². The molecule has 1 aromatic heterocycles. The number of nitrogens with zero attached hydrogens (tertiary/aromatic N) is 1. The number of para-hydroxylation sites is 1. The Labute approximate surface area is 167 Å². The van der Waals surface area contributed by atoms with E-state index in [1.54, 1.807) is 12.1 Å². The van der Waals surface area contributed by atoms with E-state index >= 15 is 0 Å². The zero-order valence-electron chi connectivity index (χ0n) is 15.4. The predicted molar refractivity (Wildman–Crippen MR) is 118 cm³/mol. The Morgan fingerprint density at radius 2 is 1.48 bits per heavy atom. The molecule has 5 aromatic rings. The van der Waals surface area contributed by atoms with E-state index in [0.29, 0.717) is 11.0 Å². The molecule has 0 aliphatic heterocycles. The lowest BCUT2D eigenvalue weighted by Crippen LogP contribution is -2.28. The molecule has 0 aliphatic carbocycles. The lowest BCUT2D eigenvalue weighted by molar-refractivity contribution is 0.588. The zero-order valence-corrected chi connectivity index (χ0v) is 15.4. The average molecular weight is 377 g/mol. The number of furan rings is 1. The average Bonchev–Trinajstić information content (AvgIpc) is 3.18. The first-order chi connectivity index (χ1) is 14.3. The van der Waals surface area contributed by atoms with Crippen molar-refractivity contribution in [2.45, 2.75) is 0 Å². The number of rotatable bonds is 4. The third kappa shape index (κ3) is 2.92. The molecule has 0 amide bonds. The summed E-state index contributed by atoms with van der Waals surface area (Å²) in [6.07, 6.45) is 0. The smallest absolute Gasteiger partial charge is 0.455 e. The Balaban J connectivity index is 1.74. The van der Waals surface area contributed by atoms with Crippen LogP contribution in [-0.4, -0.2) is 12.1 Å². The summed E-state index contributed by atoms with van der Waals surface area (Å²) in [7, 11) is -1.43. The van der Waals surface area contributed by atoms with Gasteiger partial charge >= 0.3 is 7.05 Å². The minimum atomic E-state index is -1.43. The van der Waals surface area contributed by atoms with Crippen molar-refractivity contribution in [1.82, 2.24) is 0 Å². The van der Waals surface area contributed by atoms with E-state index in [1.165, 1.54) is 0 Å². The predicted octanol–water partition coefficient (Wildman–Crippen LogP) is 5.37. The van der Waals surface area contributed by atoms with E-state index in [4.69, 9.17) is 4.42 Å². The summed E-state index contributed by atoms with van der Waals surface area (Å²) in [5.41, 5.74) is 6.05. The molecule has 0 saturated heterocycles. The van der Waals surface area contributed by atoms with E-state index in [2.05, 4.69) is 35.4 Å². The lowest BCUT2D eigenvalue weighted by atomic mass is 9.73. The van der Waals surface area contributed by atoms with E-state index in [-0.39, 0.29) is 0 Å². The van der Waals surface area contributed by atoms with Gasteiger partial charge in [0.2, 0.25) is 0 Å². The second-order valence-electron chi connectivity index (χ2n) is 6.93. The van der Waals surface area contributed by atoms with Gasteiger partial charge in [-0.1, -0.05) is 84.0 Å². The second-order valence-corrected chi connectivity index (χ2v) is 6.93. The molecule has 0 radical (unpaired) electrons. The van der Waals surface area contributed by atoms with Gasteiger partial charge < -0.3 is 9.44 Å². The molecule has 138 valence electrons. The van der Waals surface area contributed by atoms with Crippen molar-refractivity contribution in [3.63, 3.8) is 0 Å². The number of nitroso groups, excluding NO2 is 1. The molecule has 5 heteroatoms. The molecule has 29 heavy (non-hydrogen) atoms. The molecule has 5 rings (SSSR count). The standard InChI is InChI=1S/C24H16BNO3/c27-25(26-28)21-13-6-14-22-23(21)20-12-5-11-19(24(20)29-22)18-10-4-9-17(15-18)16-7-2-1-3-8-16/h1-15,27H. The van der Waals surface area contributed by atoms with Crippen molar-refractivity contribution >= 4 is 34.5 Å². The Morgan fingerprint density at radius 3 is 2.31 bits per heavy atom. The van der Waals surface area contributed by atoms with Crippen LogP contribution in [0.5, 0.6) is 0 Å². The molecule has 4 nitrogen and oxygen atoms in total. The van der Waals surface area contributed by atoms with Crippen molar-refractivity contribution in [3.8, 4) is 22.3 Å². The summed E-state index contributed by atoms with van der Waals surface area (Å²) in [6.45, 7) is 0. The highest BCUT2D eigenvalue weighted by Crippen LogP contribution is 2.36. The van der Waals surface area contributed by atoms with Crippen molar-refractivity contribution in [3.05, 3.63) is 95.9 Å². The van der Waals surface area contributed by atoms with E-state index in [9.17, 15) is 9.93 Å². The van der Waals surface area contributed by atoms with Gasteiger partial charge in [0.25, 0.3) is 0 Å². The molecular formula is C24H16BNO3. The molecule has 0 atom stereocenters. The first kappa shape index (κ1) is 17.4. The maximum absolute atomic E-state index is 10.9. The number of fused-ring (bicyclic) bond motifs is 3. The summed E-state index contributed by atoms with van der Waals surface area (Å²) < 4.78 is 6.16. The SMILES string of the molecule is O=NB(O)c1cccc2oc3c(-c4cccc(-c5ccccc5)c4)cccc3c12. The van der Waals surface area contributed by atoms with E-state index in [0.717, 1.165) is 38.6 Å². The lowest BCUT2D eigenvalue weighted by Gasteiger charge is -2.07. The highest BCUT2D eigenvalue weighted by Gasteiger charge is 2.23. The Bertz CT molecular complexity index is 1340. The topological polar surface area (TPSA) is 62.8 Å². The monoisotopic (exact) mass is 377 g/mol. The summed E-state index contributed by atoms with van der Waals surface area (Å²) >= 11 is 0. The molecule has 0 aliphatic rings. The quantitative estimate of drug-likeness (QED) is 0.338. The molecule has 1 heterocycles. The summed E-state index contributed by atoms with van der Waals surface area (Å²) in [5, 5.41) is 14.4. The molecule has 0 spiro atoms. The third-order valence-electron chi connectivity index (χ3n) is 5.21. The van der Waals surface area contributed by atoms with Crippen LogP contribution in [0.1, 0.15) is 0 Å². The first-order valence-electron chi connectivity index (χ1n) is 9.37. The maximum atomic E-state index is 10.9. The van der Waals surface area contributed by atoms with Gasteiger partial charge in [-0.25, -0.2) is 0 Å². The van der Waals surface area contributed by atoms with Gasteiger partial charge in [-0.05, 0) is 34.3 Å². The molecule has 0 unspecified atom stereocenters. The van der Waals surface area contributed by atoms with Crippen LogP contribution < -0.4 is 5.46 Å². The Morgan fingerprint density at radius 1 is 0.759 bits per heavy atom. The van der Waals surface area contributed by atoms with Crippen LogP contribution in [0.4, 0.5) is 0 Å². The summed E-state index contributed by atoms with van der Waals surface area (Å²) in [6, 6.07) is 29.7. The van der Waals surface area contributed by atoms with Crippen LogP contribution in [0.2, 0.25) is 0 Å². The molecule has 0 saturated carbocycles. The Kier molecular flexibility index (Phi) is 4.23. The van der Waals surface area contributed by atoms with Gasteiger partial charge in [-0.15, -0.1) is 0 Å². The van der Waals surface area contributed by atoms with Crippen LogP contribution in [0.15, 0.2) is 101 Å². The minimum Gasteiger partial charge on any atom is -0.455 e. The fourth-order valence-corrected chi connectivity index (χ4v) is 3.87. The van der Waals surface area contributed by atoms with Gasteiger partial charge in [-0.3, -0.25) is 0 Å². The maximum Gasteiger partial charge on any atom is 0.518 e. The highest BCUT2D eigenvalue weighted by atomic mass is 16.3. The van der Waals surface area contributed by atoms with Gasteiger partial charge in [0.05, 0.1) is 0 Å². The van der Waals surface area contributed by atoms with Gasteiger partial charge in [0.15, 0.2) is 0 Å². The molecule has 0 fully saturated rings. The van der Waals surface area contributed by atoms with Crippen molar-refractivity contribution in [2.75, 3.05) is 0 Å². The molecule has 0 bridgehead atoms. The summed E-state index contributed by atoms with van der Waals surface area (Å²) in [4.78, 5) is 10.9. The second kappa shape index (κ2) is 7.04. The van der Waals surface area contributed by atoms with Crippen molar-refractivity contribution in [1.29, 1.82) is 0 Å². The fraction of sp³-hybridized carbons (Fsp3) is 0. The number of benzene rings is 4. The van der Waals surface area contributed by atoms with Crippen LogP contribution in [0, 0.1) is 4.91 Å². The Hall–Kier alpha value is -3.70. The molecule has 1 N–H and O–H groups in total. The van der Waals surface area contributed by atoms with Crippen molar-refractivity contribution in [2.24, 2.45) is 5.09 Å². The molecule has 4 aromatic carbocycles. The minimum absolute atomic E-state index is 0.450. The van der Waals surface area contributed by atoms with E-state index < -0.39 is 7.05 Å². The van der Waals surface area contributed by atoms with Crippen LogP contribution >= 0.6 is 0 Å². The number of hydrogen-bond donors (Lipinski definition) is 1. The molecular weight excluding hydrogens is 361 g/mol. The van der Waals surface area contributed by atoms with Gasteiger partial charge in [0.1, 0.15) is 11.2 Å². The normalized spacial score (nSPS) is 11.1. The largest absolute Gasteiger partial charge is 0.518 e. The highest BCUT2D eigenvalue weighted by molar-refractivity contribution is 6.67. The van der Waals surface area contributed by atoms with E-state index in [1.807, 2.05) is 48.5 Å². The summed E-state index contributed by atoms with van der Waals surface area (Å²) in [5.74, 6) is 0. The van der Waals surface area contributed by atoms with Crippen molar-refractivity contribution < 1.29 is 9.44 Å². The van der Waals surface area contributed by atoms with Crippen LogP contribution in [0.25, 0.3) is 44.2 Å². The van der Waals surface area contributed by atoms with Crippen LogP contribution in [-0.2, 0) is 0 Å².